The van der Waals surface area contributed by atoms with Gasteiger partial charge in [-0.3, -0.25) is 4.79 Å². The highest BCUT2D eigenvalue weighted by atomic mass is 79.9. The summed E-state index contributed by atoms with van der Waals surface area (Å²) in [7, 11) is 0. The van der Waals surface area contributed by atoms with Gasteiger partial charge in [-0.1, -0.05) is 18.3 Å². The van der Waals surface area contributed by atoms with Crippen molar-refractivity contribution >= 4 is 38.3 Å². The Morgan fingerprint density at radius 2 is 2.42 bits per heavy atom. The molecular formula is C6H8BrN3OS. The van der Waals surface area contributed by atoms with Crippen molar-refractivity contribution in [2.75, 3.05) is 5.32 Å². The Balaban J connectivity index is 2.46. The van der Waals surface area contributed by atoms with Crippen LogP contribution in [-0.2, 0) is 4.79 Å². The molecule has 0 aliphatic heterocycles. The number of amides is 1. The van der Waals surface area contributed by atoms with E-state index in [1.54, 1.807) is 0 Å². The van der Waals surface area contributed by atoms with Gasteiger partial charge in [-0.05, 0) is 22.4 Å². The maximum absolute atomic E-state index is 11.0. The maximum atomic E-state index is 11.0. The summed E-state index contributed by atoms with van der Waals surface area (Å²) in [5, 5.41) is 10.6. The van der Waals surface area contributed by atoms with E-state index in [9.17, 15) is 4.79 Å². The van der Waals surface area contributed by atoms with Crippen molar-refractivity contribution in [2.24, 2.45) is 0 Å². The van der Waals surface area contributed by atoms with Crippen LogP contribution in [0.15, 0.2) is 3.92 Å². The van der Waals surface area contributed by atoms with Crippen molar-refractivity contribution in [3.63, 3.8) is 0 Å². The highest BCUT2D eigenvalue weighted by Gasteiger charge is 2.04. The normalized spacial score (nSPS) is 9.83. The first-order valence-electron chi connectivity index (χ1n) is 3.51. The van der Waals surface area contributed by atoms with Gasteiger partial charge in [-0.25, -0.2) is 0 Å². The van der Waals surface area contributed by atoms with E-state index >= 15 is 0 Å². The standard InChI is InChI=1S/C6H8BrN3OS/c1-2-3-4(11)8-6-10-9-5(7)12-6/h2-3H2,1H3,(H,8,10,11). The SMILES string of the molecule is CCCC(=O)Nc1nnc(Br)s1. The number of carbonyl (C=O) groups excluding carboxylic acids is 1. The summed E-state index contributed by atoms with van der Waals surface area (Å²) in [6, 6.07) is 0. The van der Waals surface area contributed by atoms with E-state index in [4.69, 9.17) is 0 Å². The zero-order valence-electron chi connectivity index (χ0n) is 6.50. The van der Waals surface area contributed by atoms with Crippen molar-refractivity contribution < 1.29 is 4.79 Å². The average molecular weight is 250 g/mol. The van der Waals surface area contributed by atoms with Gasteiger partial charge >= 0.3 is 0 Å². The molecule has 1 aromatic heterocycles. The largest absolute Gasteiger partial charge is 0.301 e. The van der Waals surface area contributed by atoms with Crippen LogP contribution in [0.1, 0.15) is 19.8 Å². The van der Waals surface area contributed by atoms with Gasteiger partial charge in [0.25, 0.3) is 0 Å². The fraction of sp³-hybridized carbons (Fsp3) is 0.500. The molecule has 0 spiro atoms. The summed E-state index contributed by atoms with van der Waals surface area (Å²) in [5.41, 5.74) is 0. The number of hydrogen-bond acceptors (Lipinski definition) is 4. The number of aromatic nitrogens is 2. The second-order valence-corrected chi connectivity index (χ2v) is 4.41. The summed E-state index contributed by atoms with van der Waals surface area (Å²) in [4.78, 5) is 11.0. The molecule has 0 atom stereocenters. The summed E-state index contributed by atoms with van der Waals surface area (Å²) in [5.74, 6) is -0.0128. The van der Waals surface area contributed by atoms with Crippen molar-refractivity contribution in [1.29, 1.82) is 0 Å². The molecule has 1 rings (SSSR count). The Hall–Kier alpha value is -0.490. The lowest BCUT2D eigenvalue weighted by Crippen LogP contribution is -2.10. The number of nitrogens with zero attached hydrogens (tertiary/aromatic N) is 2. The van der Waals surface area contributed by atoms with Crippen LogP contribution in [0.25, 0.3) is 0 Å². The molecule has 1 aromatic rings. The lowest BCUT2D eigenvalue weighted by molar-refractivity contribution is -0.116. The van der Waals surface area contributed by atoms with Gasteiger partial charge in [0.15, 0.2) is 3.92 Å². The Morgan fingerprint density at radius 1 is 1.67 bits per heavy atom. The quantitative estimate of drug-likeness (QED) is 0.893. The van der Waals surface area contributed by atoms with Crippen molar-refractivity contribution in [3.05, 3.63) is 3.92 Å². The summed E-state index contributed by atoms with van der Waals surface area (Å²) >= 11 is 4.46. The highest BCUT2D eigenvalue weighted by molar-refractivity contribution is 9.11. The van der Waals surface area contributed by atoms with Gasteiger partial charge in [0.1, 0.15) is 0 Å². The maximum Gasteiger partial charge on any atom is 0.226 e. The minimum absolute atomic E-state index is 0.0128. The number of rotatable bonds is 3. The van der Waals surface area contributed by atoms with Crippen molar-refractivity contribution in [1.82, 2.24) is 10.2 Å². The van der Waals surface area contributed by atoms with Crippen LogP contribution in [0.2, 0.25) is 0 Å². The third-order valence-corrected chi connectivity index (χ3v) is 2.40. The van der Waals surface area contributed by atoms with E-state index in [1.807, 2.05) is 6.92 Å². The van der Waals surface area contributed by atoms with Crippen LogP contribution >= 0.6 is 27.3 Å². The lowest BCUT2D eigenvalue weighted by Gasteiger charge is -1.96. The number of hydrogen-bond donors (Lipinski definition) is 1. The van der Waals surface area contributed by atoms with Crippen LogP contribution in [0.4, 0.5) is 5.13 Å². The second-order valence-electron chi connectivity index (χ2n) is 2.16. The van der Waals surface area contributed by atoms with E-state index in [0.717, 1.165) is 6.42 Å². The Labute approximate surface area is 82.5 Å². The summed E-state index contributed by atoms with van der Waals surface area (Å²) in [6.07, 6.45) is 1.36. The minimum atomic E-state index is -0.0128. The molecule has 6 heteroatoms. The Kier molecular flexibility index (Phi) is 3.61. The summed E-state index contributed by atoms with van der Waals surface area (Å²) < 4.78 is 0.675. The first-order chi connectivity index (χ1) is 5.72. The molecule has 0 aromatic carbocycles. The van der Waals surface area contributed by atoms with Crippen LogP contribution < -0.4 is 5.32 Å². The molecule has 1 heterocycles. The van der Waals surface area contributed by atoms with Crippen LogP contribution in [0, 0.1) is 0 Å². The van der Waals surface area contributed by atoms with Crippen molar-refractivity contribution in [2.45, 2.75) is 19.8 Å². The third-order valence-electron chi connectivity index (χ3n) is 1.12. The van der Waals surface area contributed by atoms with E-state index in [1.165, 1.54) is 11.3 Å². The van der Waals surface area contributed by atoms with Gasteiger partial charge in [-0.15, -0.1) is 10.2 Å². The predicted molar refractivity (Wildman–Crippen MR) is 51.1 cm³/mol. The molecule has 66 valence electrons. The van der Waals surface area contributed by atoms with Gasteiger partial charge in [-0.2, -0.15) is 0 Å². The zero-order chi connectivity index (χ0) is 8.97. The molecule has 0 bridgehead atoms. The number of nitrogens with one attached hydrogen (secondary N) is 1. The summed E-state index contributed by atoms with van der Waals surface area (Å²) in [6.45, 7) is 1.95. The van der Waals surface area contributed by atoms with Gasteiger partial charge in [0, 0.05) is 6.42 Å². The van der Waals surface area contributed by atoms with Crippen LogP contribution in [-0.4, -0.2) is 16.1 Å². The fourth-order valence-electron chi connectivity index (χ4n) is 0.665. The molecule has 0 aliphatic carbocycles. The first-order valence-corrected chi connectivity index (χ1v) is 5.12. The number of halogens is 1. The molecule has 0 fully saturated rings. The number of carbonyl (C=O) groups is 1. The molecule has 0 saturated carbocycles. The molecule has 1 N–H and O–H groups in total. The lowest BCUT2D eigenvalue weighted by atomic mass is 10.3. The van der Waals surface area contributed by atoms with Gasteiger partial charge in [0.2, 0.25) is 11.0 Å². The van der Waals surface area contributed by atoms with Crippen LogP contribution in [0.3, 0.4) is 0 Å². The second kappa shape index (κ2) is 4.51. The van der Waals surface area contributed by atoms with E-state index < -0.39 is 0 Å². The van der Waals surface area contributed by atoms with E-state index in [0.29, 0.717) is 15.5 Å². The highest BCUT2D eigenvalue weighted by Crippen LogP contribution is 2.19. The monoisotopic (exact) mass is 249 g/mol. The molecule has 4 nitrogen and oxygen atoms in total. The van der Waals surface area contributed by atoms with E-state index in [2.05, 4.69) is 31.4 Å². The molecule has 1 amide bonds. The number of anilines is 1. The van der Waals surface area contributed by atoms with Crippen molar-refractivity contribution in [3.8, 4) is 0 Å². The molecular weight excluding hydrogens is 242 g/mol. The molecule has 0 radical (unpaired) electrons. The molecule has 0 aliphatic rings. The third kappa shape index (κ3) is 2.86. The van der Waals surface area contributed by atoms with E-state index in [-0.39, 0.29) is 5.91 Å². The van der Waals surface area contributed by atoms with Gasteiger partial charge in [0.05, 0.1) is 0 Å². The predicted octanol–water partition coefficient (Wildman–Crippen LogP) is 2.04. The minimum Gasteiger partial charge on any atom is -0.301 e. The zero-order valence-corrected chi connectivity index (χ0v) is 8.91. The fourth-order valence-corrected chi connectivity index (χ4v) is 1.69. The average Bonchev–Trinajstić information content (AvgIpc) is 2.36. The molecule has 0 saturated heterocycles. The smallest absolute Gasteiger partial charge is 0.226 e. The first kappa shape index (κ1) is 9.60. The van der Waals surface area contributed by atoms with Gasteiger partial charge < -0.3 is 5.32 Å². The Bertz CT molecular complexity index is 276. The Morgan fingerprint density at radius 3 is 2.92 bits per heavy atom. The topological polar surface area (TPSA) is 54.9 Å². The molecule has 12 heavy (non-hydrogen) atoms. The molecule has 0 unspecified atom stereocenters. The van der Waals surface area contributed by atoms with Crippen LogP contribution in [0.5, 0.6) is 0 Å².